The van der Waals surface area contributed by atoms with E-state index in [0.29, 0.717) is 11.5 Å². The molecule has 0 amide bonds. The molecule has 4 rings (SSSR count). The van der Waals surface area contributed by atoms with Crippen LogP contribution >= 0.6 is 11.8 Å². The molecule has 152 valence electrons. The van der Waals surface area contributed by atoms with E-state index in [1.165, 1.54) is 12.8 Å². The second-order valence-electron chi connectivity index (χ2n) is 8.59. The van der Waals surface area contributed by atoms with Crippen LogP contribution < -0.4 is 0 Å². The molecule has 0 aliphatic heterocycles. The molecule has 0 unspecified atom stereocenters. The number of hydrogen-bond acceptors (Lipinski definition) is 3. The van der Waals surface area contributed by atoms with Gasteiger partial charge in [-0.15, -0.1) is 11.8 Å². The zero-order chi connectivity index (χ0) is 20.5. The average molecular weight is 410 g/mol. The van der Waals surface area contributed by atoms with Crippen LogP contribution in [0.3, 0.4) is 0 Å². The summed E-state index contributed by atoms with van der Waals surface area (Å²) >= 11 is 1.58. The quantitative estimate of drug-likeness (QED) is 0.510. The minimum absolute atomic E-state index is 0.165. The Morgan fingerprint density at radius 1 is 1.10 bits per heavy atom. The lowest BCUT2D eigenvalue weighted by Gasteiger charge is -2.44. The maximum Gasteiger partial charge on any atom is 0.127 e. The SMILES string of the molecule is CSc1cc(C2(OCC3CC3)CCC(C#N)(c3ccccc3)CC2)cc(F)c1C. The number of rotatable bonds is 6. The van der Waals surface area contributed by atoms with Gasteiger partial charge in [0.1, 0.15) is 5.82 Å². The standard InChI is InChI=1S/C25H28FNOS/c1-18-22(26)14-21(15-23(18)29-2)25(28-16-19-8-9-19)12-10-24(17-27,11-13-25)20-6-4-3-5-7-20/h3-7,14-15,19H,8-13,16H2,1-2H3. The van der Waals surface area contributed by atoms with Gasteiger partial charge in [-0.05, 0) is 86.4 Å². The van der Waals surface area contributed by atoms with Gasteiger partial charge in [-0.2, -0.15) is 5.26 Å². The van der Waals surface area contributed by atoms with Crippen LogP contribution in [0.1, 0.15) is 55.2 Å². The predicted octanol–water partition coefficient (Wildman–Crippen LogP) is 6.51. The second kappa shape index (κ2) is 8.13. The van der Waals surface area contributed by atoms with Crippen molar-refractivity contribution in [1.29, 1.82) is 5.26 Å². The van der Waals surface area contributed by atoms with Crippen LogP contribution in [0.15, 0.2) is 47.4 Å². The lowest BCUT2D eigenvalue weighted by Crippen LogP contribution is -2.41. The van der Waals surface area contributed by atoms with Crippen LogP contribution in [-0.2, 0) is 15.8 Å². The van der Waals surface area contributed by atoms with Gasteiger partial charge in [0.2, 0.25) is 0 Å². The summed E-state index contributed by atoms with van der Waals surface area (Å²) in [6.07, 6.45) is 7.35. The van der Waals surface area contributed by atoms with Crippen molar-refractivity contribution in [3.8, 4) is 6.07 Å². The third-order valence-corrected chi connectivity index (χ3v) is 7.65. The van der Waals surface area contributed by atoms with Crippen molar-refractivity contribution in [2.45, 2.75) is 61.4 Å². The Kier molecular flexibility index (Phi) is 5.73. The molecule has 0 aromatic heterocycles. The molecule has 2 fully saturated rings. The first kappa shape index (κ1) is 20.4. The highest BCUT2D eigenvalue weighted by atomic mass is 32.2. The maximum atomic E-state index is 14.7. The van der Waals surface area contributed by atoms with E-state index in [4.69, 9.17) is 4.74 Å². The van der Waals surface area contributed by atoms with Crippen molar-refractivity contribution >= 4 is 11.8 Å². The van der Waals surface area contributed by atoms with Crippen molar-refractivity contribution in [1.82, 2.24) is 0 Å². The molecule has 0 atom stereocenters. The van der Waals surface area contributed by atoms with Gasteiger partial charge in [0.05, 0.1) is 23.7 Å². The Morgan fingerprint density at radius 2 is 1.79 bits per heavy atom. The summed E-state index contributed by atoms with van der Waals surface area (Å²) in [4.78, 5) is 0.967. The van der Waals surface area contributed by atoms with E-state index in [2.05, 4.69) is 24.3 Å². The minimum atomic E-state index is -0.503. The Bertz CT molecular complexity index is 908. The van der Waals surface area contributed by atoms with Crippen molar-refractivity contribution < 1.29 is 9.13 Å². The Morgan fingerprint density at radius 3 is 2.38 bits per heavy atom. The molecular weight excluding hydrogens is 381 g/mol. The topological polar surface area (TPSA) is 33.0 Å². The Balaban J connectivity index is 1.67. The number of halogens is 1. The molecule has 4 heteroatoms. The highest BCUT2D eigenvalue weighted by molar-refractivity contribution is 7.98. The fraction of sp³-hybridized carbons (Fsp3) is 0.480. The van der Waals surface area contributed by atoms with Gasteiger partial charge < -0.3 is 4.74 Å². The first-order valence-electron chi connectivity index (χ1n) is 10.5. The van der Waals surface area contributed by atoms with E-state index in [9.17, 15) is 9.65 Å². The van der Waals surface area contributed by atoms with E-state index in [-0.39, 0.29) is 5.82 Å². The summed E-state index contributed by atoms with van der Waals surface area (Å²) in [5.41, 5.74) is 1.73. The molecule has 0 heterocycles. The van der Waals surface area contributed by atoms with Crippen molar-refractivity contribution in [2.24, 2.45) is 5.92 Å². The lowest BCUT2D eigenvalue weighted by atomic mass is 9.64. The highest BCUT2D eigenvalue weighted by Crippen LogP contribution is 2.50. The minimum Gasteiger partial charge on any atom is -0.370 e. The first-order valence-corrected chi connectivity index (χ1v) is 11.7. The molecule has 2 nitrogen and oxygen atoms in total. The fourth-order valence-corrected chi connectivity index (χ4v) is 5.16. The number of nitriles is 1. The molecular formula is C25H28FNOS. The average Bonchev–Trinajstić information content (AvgIpc) is 3.60. The van der Waals surface area contributed by atoms with Gasteiger partial charge in [0, 0.05) is 4.90 Å². The number of nitrogens with zero attached hydrogens (tertiary/aromatic N) is 1. The summed E-state index contributed by atoms with van der Waals surface area (Å²) in [5, 5.41) is 10.1. The normalized spacial score (nSPS) is 26.8. The molecule has 0 radical (unpaired) electrons. The molecule has 2 saturated carbocycles. The monoisotopic (exact) mass is 409 g/mol. The van der Waals surface area contributed by atoms with Crippen LogP contribution in [0.4, 0.5) is 4.39 Å². The number of thioether (sulfide) groups is 1. The fourth-order valence-electron chi connectivity index (χ4n) is 4.51. The third kappa shape index (κ3) is 3.96. The Hall–Kier alpha value is -1.83. The maximum absolute atomic E-state index is 14.7. The zero-order valence-corrected chi connectivity index (χ0v) is 18.0. The summed E-state index contributed by atoms with van der Waals surface area (Å²) < 4.78 is 21.3. The van der Waals surface area contributed by atoms with Gasteiger partial charge in [0.15, 0.2) is 0 Å². The first-order chi connectivity index (χ1) is 14.0. The molecule has 0 spiro atoms. The van der Waals surface area contributed by atoms with E-state index in [1.54, 1.807) is 17.8 Å². The number of ether oxygens (including phenoxy) is 1. The molecule has 0 bridgehead atoms. The summed E-state index contributed by atoms with van der Waals surface area (Å²) in [5.74, 6) is 0.473. The molecule has 2 aliphatic rings. The van der Waals surface area contributed by atoms with Gasteiger partial charge in [-0.1, -0.05) is 30.3 Å². The summed E-state index contributed by atoms with van der Waals surface area (Å²) in [6.45, 7) is 2.56. The van der Waals surface area contributed by atoms with Crippen LogP contribution in [0.25, 0.3) is 0 Å². The summed E-state index contributed by atoms with van der Waals surface area (Å²) in [7, 11) is 0. The number of hydrogen-bond donors (Lipinski definition) is 0. The van der Waals surface area contributed by atoms with Crippen LogP contribution in [0.2, 0.25) is 0 Å². The van der Waals surface area contributed by atoms with Gasteiger partial charge in [-0.25, -0.2) is 4.39 Å². The third-order valence-electron chi connectivity index (χ3n) is 6.79. The van der Waals surface area contributed by atoms with Gasteiger partial charge >= 0.3 is 0 Å². The largest absolute Gasteiger partial charge is 0.370 e. The number of benzene rings is 2. The second-order valence-corrected chi connectivity index (χ2v) is 9.44. The predicted molar refractivity (Wildman–Crippen MR) is 115 cm³/mol. The van der Waals surface area contributed by atoms with Gasteiger partial charge in [0.25, 0.3) is 0 Å². The lowest BCUT2D eigenvalue weighted by molar-refractivity contribution is -0.0883. The van der Waals surface area contributed by atoms with E-state index in [0.717, 1.165) is 48.3 Å². The van der Waals surface area contributed by atoms with Crippen molar-refractivity contribution in [3.05, 3.63) is 65.0 Å². The van der Waals surface area contributed by atoms with E-state index < -0.39 is 11.0 Å². The smallest absolute Gasteiger partial charge is 0.127 e. The van der Waals surface area contributed by atoms with Crippen molar-refractivity contribution in [2.75, 3.05) is 12.9 Å². The van der Waals surface area contributed by atoms with Crippen LogP contribution in [0, 0.1) is 30.0 Å². The highest BCUT2D eigenvalue weighted by Gasteiger charge is 2.46. The molecule has 2 aromatic carbocycles. The molecule has 2 aliphatic carbocycles. The molecule has 2 aromatic rings. The van der Waals surface area contributed by atoms with Crippen LogP contribution in [0.5, 0.6) is 0 Å². The van der Waals surface area contributed by atoms with E-state index in [1.807, 2.05) is 31.4 Å². The zero-order valence-electron chi connectivity index (χ0n) is 17.2. The molecule has 0 saturated heterocycles. The van der Waals surface area contributed by atoms with Crippen molar-refractivity contribution in [3.63, 3.8) is 0 Å². The van der Waals surface area contributed by atoms with E-state index >= 15 is 0 Å². The molecule has 0 N–H and O–H groups in total. The summed E-state index contributed by atoms with van der Waals surface area (Å²) in [6, 6.07) is 16.5. The van der Waals surface area contributed by atoms with Crippen LogP contribution in [-0.4, -0.2) is 12.9 Å². The molecule has 29 heavy (non-hydrogen) atoms. The van der Waals surface area contributed by atoms with Gasteiger partial charge in [-0.3, -0.25) is 0 Å². The Labute approximate surface area is 177 Å².